The van der Waals surface area contributed by atoms with Crippen LogP contribution < -0.4 is 5.76 Å². The smallest absolute Gasteiger partial charge is 0.408 e. The number of fused-ring (bicyclic) bond motifs is 1. The number of sulfone groups is 1. The van der Waals surface area contributed by atoms with E-state index >= 15 is 0 Å². The van der Waals surface area contributed by atoms with E-state index in [2.05, 4.69) is 4.98 Å². The van der Waals surface area contributed by atoms with Gasteiger partial charge in [0.25, 0.3) is 0 Å². The number of aromatic amines is 1. The third kappa shape index (κ3) is 2.44. The van der Waals surface area contributed by atoms with E-state index < -0.39 is 26.2 Å². The normalized spacial score (nSPS) is 15.7. The van der Waals surface area contributed by atoms with E-state index in [0.29, 0.717) is 16.7 Å². The Morgan fingerprint density at radius 3 is 2.67 bits per heavy atom. The lowest BCUT2D eigenvalue weighted by atomic mass is 10.1. The van der Waals surface area contributed by atoms with Crippen molar-refractivity contribution in [1.82, 2.24) is 4.98 Å². The summed E-state index contributed by atoms with van der Waals surface area (Å²) in [6, 6.07) is 4.89. The second-order valence-corrected chi connectivity index (χ2v) is 7.08. The van der Waals surface area contributed by atoms with E-state index in [1.807, 2.05) is 0 Å². The largest absolute Gasteiger partial charge is 0.417 e. The molecule has 2 unspecified atom stereocenters. The molecule has 98 valence electrons. The summed E-state index contributed by atoms with van der Waals surface area (Å²) in [5, 5.41) is -1.41. The minimum atomic E-state index is -3.23. The predicted octanol–water partition coefficient (Wildman–Crippen LogP) is 1.83. The Hall–Kier alpha value is -1.27. The molecular weight excluding hydrogens is 278 g/mol. The molecule has 1 aromatic carbocycles. The van der Waals surface area contributed by atoms with Gasteiger partial charge in [-0.1, -0.05) is 6.07 Å². The Balaban J connectivity index is 2.45. The molecule has 2 aromatic rings. The highest BCUT2D eigenvalue weighted by atomic mass is 35.5. The second-order valence-electron chi connectivity index (χ2n) is 4.21. The molecule has 2 rings (SSSR count). The van der Waals surface area contributed by atoms with Crippen LogP contribution in [0.3, 0.4) is 0 Å². The van der Waals surface area contributed by atoms with Crippen LogP contribution in [0, 0.1) is 0 Å². The molecule has 0 saturated carbocycles. The molecule has 0 radical (unpaired) electrons. The first kappa shape index (κ1) is 13.2. The Bertz CT molecular complexity index is 731. The summed E-state index contributed by atoms with van der Waals surface area (Å²) >= 11 is 6.14. The van der Waals surface area contributed by atoms with Crippen LogP contribution in [0.4, 0.5) is 0 Å². The zero-order chi connectivity index (χ0) is 13.5. The first-order valence-electron chi connectivity index (χ1n) is 5.25. The second kappa shape index (κ2) is 4.44. The summed E-state index contributed by atoms with van der Waals surface area (Å²) in [4.78, 5) is 13.5. The van der Waals surface area contributed by atoms with Crippen molar-refractivity contribution in [2.45, 2.75) is 17.6 Å². The van der Waals surface area contributed by atoms with Gasteiger partial charge in [-0.2, -0.15) is 0 Å². The first-order valence-corrected chi connectivity index (χ1v) is 7.64. The maximum Gasteiger partial charge on any atom is 0.417 e. The summed E-state index contributed by atoms with van der Waals surface area (Å²) < 4.78 is 27.8. The highest BCUT2D eigenvalue weighted by Gasteiger charge is 2.25. The number of alkyl halides is 1. The number of H-pyrrole nitrogens is 1. The maximum atomic E-state index is 11.4. The van der Waals surface area contributed by atoms with Crippen molar-refractivity contribution in [2.75, 3.05) is 6.26 Å². The summed E-state index contributed by atoms with van der Waals surface area (Å²) in [7, 11) is -3.23. The summed E-state index contributed by atoms with van der Waals surface area (Å²) in [6.07, 6.45) is 1.14. The quantitative estimate of drug-likeness (QED) is 0.874. The molecule has 18 heavy (non-hydrogen) atoms. The topological polar surface area (TPSA) is 80.1 Å². The highest BCUT2D eigenvalue weighted by Crippen LogP contribution is 2.29. The summed E-state index contributed by atoms with van der Waals surface area (Å²) in [6.45, 7) is 1.55. The Morgan fingerprint density at radius 1 is 1.39 bits per heavy atom. The lowest BCUT2D eigenvalue weighted by molar-refractivity contribution is 0.554. The van der Waals surface area contributed by atoms with Crippen LogP contribution in [0.25, 0.3) is 11.1 Å². The van der Waals surface area contributed by atoms with Crippen LogP contribution in [-0.2, 0) is 9.84 Å². The van der Waals surface area contributed by atoms with Gasteiger partial charge in [0, 0.05) is 6.26 Å². The van der Waals surface area contributed by atoms with Gasteiger partial charge in [-0.3, -0.25) is 4.98 Å². The number of oxazole rings is 1. The van der Waals surface area contributed by atoms with Crippen LogP contribution in [0.2, 0.25) is 0 Å². The Kier molecular flexibility index (Phi) is 3.25. The molecule has 0 aliphatic rings. The van der Waals surface area contributed by atoms with Gasteiger partial charge in [-0.05, 0) is 24.6 Å². The van der Waals surface area contributed by atoms with Gasteiger partial charge in [-0.15, -0.1) is 11.6 Å². The third-order valence-corrected chi connectivity index (χ3v) is 5.25. The fourth-order valence-corrected chi connectivity index (χ4v) is 2.91. The van der Waals surface area contributed by atoms with E-state index in [-0.39, 0.29) is 0 Å². The van der Waals surface area contributed by atoms with Gasteiger partial charge in [0.2, 0.25) is 0 Å². The molecule has 0 saturated heterocycles. The van der Waals surface area contributed by atoms with Crippen LogP contribution in [-0.4, -0.2) is 24.9 Å². The maximum absolute atomic E-state index is 11.4. The third-order valence-electron chi connectivity index (χ3n) is 2.85. The molecule has 0 aliphatic heterocycles. The SMILES string of the molecule is CC(C(Cl)c1ccc2[nH]c(=O)oc2c1)S(C)(=O)=O. The van der Waals surface area contributed by atoms with E-state index in [1.165, 1.54) is 0 Å². The van der Waals surface area contributed by atoms with Crippen LogP contribution in [0.15, 0.2) is 27.4 Å². The standard InChI is InChI=1S/C11H12ClNO4S/c1-6(18(2,15)16)10(12)7-3-4-8-9(5-7)17-11(14)13-8/h3-6,10H,1-2H3,(H,13,14). The Labute approximate surface area is 109 Å². The monoisotopic (exact) mass is 289 g/mol. The number of aromatic nitrogens is 1. The lowest BCUT2D eigenvalue weighted by Crippen LogP contribution is -2.21. The van der Waals surface area contributed by atoms with Crippen LogP contribution in [0.1, 0.15) is 17.9 Å². The number of hydrogen-bond acceptors (Lipinski definition) is 4. The molecule has 2 atom stereocenters. The summed E-state index contributed by atoms with van der Waals surface area (Å²) in [5.41, 5.74) is 1.52. The van der Waals surface area contributed by atoms with Gasteiger partial charge in [-0.25, -0.2) is 13.2 Å². The van der Waals surface area contributed by atoms with Crippen LogP contribution >= 0.6 is 11.6 Å². The first-order chi connectivity index (χ1) is 8.29. The molecule has 0 fully saturated rings. The van der Waals surface area contributed by atoms with Crippen molar-refractivity contribution in [2.24, 2.45) is 0 Å². The van der Waals surface area contributed by atoms with Crippen molar-refractivity contribution in [3.8, 4) is 0 Å². The molecular formula is C11H12ClNO4S. The van der Waals surface area contributed by atoms with Gasteiger partial charge in [0.05, 0.1) is 16.1 Å². The van der Waals surface area contributed by atoms with E-state index in [9.17, 15) is 13.2 Å². The minimum Gasteiger partial charge on any atom is -0.408 e. The van der Waals surface area contributed by atoms with Crippen molar-refractivity contribution in [3.63, 3.8) is 0 Å². The minimum absolute atomic E-state index is 0.365. The van der Waals surface area contributed by atoms with Gasteiger partial charge >= 0.3 is 5.76 Å². The van der Waals surface area contributed by atoms with Crippen molar-refractivity contribution in [1.29, 1.82) is 0 Å². The fraction of sp³-hybridized carbons (Fsp3) is 0.364. The lowest BCUT2D eigenvalue weighted by Gasteiger charge is -2.16. The molecule has 0 bridgehead atoms. The predicted molar refractivity (Wildman–Crippen MR) is 69.7 cm³/mol. The van der Waals surface area contributed by atoms with Gasteiger partial charge in [0.15, 0.2) is 15.4 Å². The van der Waals surface area contributed by atoms with Gasteiger partial charge < -0.3 is 4.42 Å². The molecule has 5 nitrogen and oxygen atoms in total. The Morgan fingerprint density at radius 2 is 2.06 bits per heavy atom. The van der Waals surface area contributed by atoms with Crippen molar-refractivity contribution >= 4 is 32.5 Å². The van der Waals surface area contributed by atoms with Crippen molar-refractivity contribution < 1.29 is 12.8 Å². The van der Waals surface area contributed by atoms with E-state index in [4.69, 9.17) is 16.0 Å². The number of hydrogen-bond donors (Lipinski definition) is 1. The summed E-state index contributed by atoms with van der Waals surface area (Å²) in [5.74, 6) is -0.551. The average molecular weight is 290 g/mol. The van der Waals surface area contributed by atoms with E-state index in [0.717, 1.165) is 6.26 Å². The number of rotatable bonds is 3. The molecule has 0 amide bonds. The van der Waals surface area contributed by atoms with Gasteiger partial charge in [0.1, 0.15) is 0 Å². The molecule has 1 N–H and O–H groups in total. The molecule has 0 spiro atoms. The fourth-order valence-electron chi connectivity index (χ4n) is 1.62. The average Bonchev–Trinajstić information content (AvgIpc) is 2.64. The number of halogens is 1. The molecule has 7 heteroatoms. The number of nitrogens with one attached hydrogen (secondary N) is 1. The zero-order valence-electron chi connectivity index (χ0n) is 9.81. The van der Waals surface area contributed by atoms with E-state index in [1.54, 1.807) is 25.1 Å². The molecule has 1 aromatic heterocycles. The van der Waals surface area contributed by atoms with Crippen molar-refractivity contribution in [3.05, 3.63) is 34.3 Å². The van der Waals surface area contributed by atoms with Crippen LogP contribution in [0.5, 0.6) is 0 Å². The molecule has 1 heterocycles. The zero-order valence-corrected chi connectivity index (χ0v) is 11.4. The molecule has 0 aliphatic carbocycles. The number of benzene rings is 1. The highest BCUT2D eigenvalue weighted by molar-refractivity contribution is 7.91.